The van der Waals surface area contributed by atoms with Gasteiger partial charge in [-0.15, -0.1) is 12.4 Å². The number of nitrogens with one attached hydrogen (secondary N) is 2. The van der Waals surface area contributed by atoms with Gasteiger partial charge in [0.25, 0.3) is 0 Å². The second-order valence-electron chi connectivity index (χ2n) is 9.04. The first-order valence-corrected chi connectivity index (χ1v) is 9.56. The van der Waals surface area contributed by atoms with E-state index < -0.39 is 0 Å². The van der Waals surface area contributed by atoms with Crippen molar-refractivity contribution in [3.63, 3.8) is 0 Å². The van der Waals surface area contributed by atoms with Gasteiger partial charge in [-0.2, -0.15) is 0 Å². The summed E-state index contributed by atoms with van der Waals surface area (Å²) in [6.07, 6.45) is 8.21. The first-order valence-electron chi connectivity index (χ1n) is 9.56. The maximum atomic E-state index is 12.4. The van der Waals surface area contributed by atoms with E-state index in [2.05, 4.69) is 31.4 Å². The van der Waals surface area contributed by atoms with Crippen molar-refractivity contribution in [2.24, 2.45) is 17.3 Å². The number of piperidine rings is 1. The van der Waals surface area contributed by atoms with Crippen LogP contribution in [0.4, 0.5) is 0 Å². The van der Waals surface area contributed by atoms with Crippen LogP contribution >= 0.6 is 12.4 Å². The first kappa shape index (κ1) is 20.0. The Morgan fingerprint density at radius 2 is 1.83 bits per heavy atom. The summed E-state index contributed by atoms with van der Waals surface area (Å²) in [4.78, 5) is 12.4. The second kappa shape index (κ2) is 8.37. The summed E-state index contributed by atoms with van der Waals surface area (Å²) in [7, 11) is 0. The number of halogens is 1. The van der Waals surface area contributed by atoms with Crippen molar-refractivity contribution in [3.8, 4) is 0 Å². The predicted molar refractivity (Wildman–Crippen MR) is 99.5 cm³/mol. The molecule has 0 aromatic rings. The fraction of sp³-hybridized carbons (Fsp3) is 0.947. The highest BCUT2D eigenvalue weighted by molar-refractivity contribution is 5.85. The van der Waals surface area contributed by atoms with Crippen LogP contribution < -0.4 is 10.6 Å². The second-order valence-corrected chi connectivity index (χ2v) is 9.04. The van der Waals surface area contributed by atoms with E-state index in [-0.39, 0.29) is 29.8 Å². The van der Waals surface area contributed by atoms with Crippen LogP contribution in [-0.2, 0) is 9.53 Å². The summed E-state index contributed by atoms with van der Waals surface area (Å²) in [5.74, 6) is 1.28. The van der Waals surface area contributed by atoms with Crippen molar-refractivity contribution in [1.29, 1.82) is 0 Å². The van der Waals surface area contributed by atoms with Crippen LogP contribution in [0.3, 0.4) is 0 Å². The minimum absolute atomic E-state index is 0. The Balaban J connectivity index is 0.00000208. The zero-order valence-electron chi connectivity index (χ0n) is 15.5. The molecule has 4 atom stereocenters. The topological polar surface area (TPSA) is 50.4 Å². The lowest BCUT2D eigenvalue weighted by Crippen LogP contribution is -2.45. The molecule has 24 heavy (non-hydrogen) atoms. The molecule has 0 spiro atoms. The molecular formula is C19H35ClN2O2. The molecule has 0 aromatic carbocycles. The van der Waals surface area contributed by atoms with E-state index in [1.54, 1.807) is 0 Å². The van der Waals surface area contributed by atoms with Gasteiger partial charge in [0.2, 0.25) is 5.91 Å². The molecule has 2 N–H and O–H groups in total. The van der Waals surface area contributed by atoms with Gasteiger partial charge in [0.05, 0.1) is 6.10 Å². The first-order chi connectivity index (χ1) is 10.9. The number of amides is 1. The zero-order chi connectivity index (χ0) is 16.4. The third kappa shape index (κ3) is 5.09. The van der Waals surface area contributed by atoms with E-state index in [9.17, 15) is 4.79 Å². The summed E-state index contributed by atoms with van der Waals surface area (Å²) in [6, 6.07) is 1.34. The fourth-order valence-electron chi connectivity index (χ4n) is 4.93. The van der Waals surface area contributed by atoms with E-state index in [4.69, 9.17) is 4.74 Å². The largest absolute Gasteiger partial charge is 0.377 e. The van der Waals surface area contributed by atoms with Crippen molar-refractivity contribution in [2.45, 2.75) is 83.9 Å². The Kier molecular flexibility index (Phi) is 6.98. The Morgan fingerprint density at radius 1 is 1.17 bits per heavy atom. The number of ether oxygens (including phenoxy) is 1. The molecule has 3 aliphatic rings. The van der Waals surface area contributed by atoms with Crippen molar-refractivity contribution in [1.82, 2.24) is 10.6 Å². The van der Waals surface area contributed by atoms with E-state index in [0.717, 1.165) is 19.6 Å². The van der Waals surface area contributed by atoms with E-state index >= 15 is 0 Å². The molecule has 0 aromatic heterocycles. The van der Waals surface area contributed by atoms with Crippen LogP contribution in [0.1, 0.15) is 65.7 Å². The van der Waals surface area contributed by atoms with Crippen molar-refractivity contribution < 1.29 is 9.53 Å². The minimum atomic E-state index is 0. The standard InChI is InChI=1S/C19H34N2O2.ClH/c1-19(2,3)18-14(5-4-8-23-18)12-20-17(22)11-13-9-15-6-7-16(10-13)21-15;/h13-16,18,21H,4-12H2,1-3H3,(H,20,22);1H. The SMILES string of the molecule is CC(C)(C)C1OCCCC1CNC(=O)CC1CC2CCC(C1)N2.Cl. The molecule has 140 valence electrons. The molecule has 4 nitrogen and oxygen atoms in total. The molecule has 0 radical (unpaired) electrons. The van der Waals surface area contributed by atoms with Crippen LogP contribution in [0.2, 0.25) is 0 Å². The molecule has 3 rings (SSSR count). The van der Waals surface area contributed by atoms with Crippen molar-refractivity contribution in [2.75, 3.05) is 13.2 Å². The third-order valence-electron chi connectivity index (χ3n) is 5.90. The maximum absolute atomic E-state index is 12.4. The van der Waals surface area contributed by atoms with E-state index in [0.29, 0.717) is 30.3 Å². The number of carbonyl (C=O) groups is 1. The molecular weight excluding hydrogens is 324 g/mol. The fourth-order valence-corrected chi connectivity index (χ4v) is 4.93. The summed E-state index contributed by atoms with van der Waals surface area (Å²) in [5.41, 5.74) is 0.143. The van der Waals surface area contributed by atoms with Crippen LogP contribution in [0.25, 0.3) is 0 Å². The summed E-state index contributed by atoms with van der Waals surface area (Å²) in [5, 5.41) is 6.86. The van der Waals surface area contributed by atoms with Crippen LogP contribution in [-0.4, -0.2) is 37.2 Å². The lowest BCUT2D eigenvalue weighted by Gasteiger charge is -2.40. The number of carbonyl (C=O) groups excluding carboxylic acids is 1. The number of hydrogen-bond acceptors (Lipinski definition) is 3. The normalized spacial score (nSPS) is 36.0. The van der Waals surface area contributed by atoms with Crippen LogP contribution in [0.15, 0.2) is 0 Å². The molecule has 3 saturated heterocycles. The molecule has 4 unspecified atom stereocenters. The highest BCUT2D eigenvalue weighted by Gasteiger charge is 2.36. The lowest BCUT2D eigenvalue weighted by molar-refractivity contribution is -0.124. The number of hydrogen-bond donors (Lipinski definition) is 2. The molecule has 3 heterocycles. The van der Waals surface area contributed by atoms with Gasteiger partial charge >= 0.3 is 0 Å². The van der Waals surface area contributed by atoms with Gasteiger partial charge in [-0.05, 0) is 49.9 Å². The molecule has 2 bridgehead atoms. The van der Waals surface area contributed by atoms with Gasteiger partial charge in [-0.1, -0.05) is 20.8 Å². The molecule has 3 fully saturated rings. The minimum Gasteiger partial charge on any atom is -0.377 e. The van der Waals surface area contributed by atoms with Crippen molar-refractivity contribution >= 4 is 18.3 Å². The molecule has 1 amide bonds. The van der Waals surface area contributed by atoms with Gasteiger partial charge < -0.3 is 15.4 Å². The van der Waals surface area contributed by atoms with Gasteiger partial charge in [0.1, 0.15) is 0 Å². The number of fused-ring (bicyclic) bond motifs is 2. The van der Waals surface area contributed by atoms with Crippen molar-refractivity contribution in [3.05, 3.63) is 0 Å². The smallest absolute Gasteiger partial charge is 0.220 e. The zero-order valence-corrected chi connectivity index (χ0v) is 16.3. The number of rotatable bonds is 4. The van der Waals surface area contributed by atoms with Gasteiger partial charge in [-0.25, -0.2) is 0 Å². The quantitative estimate of drug-likeness (QED) is 0.810. The average Bonchev–Trinajstić information content (AvgIpc) is 2.83. The Hall–Kier alpha value is -0.320. The monoisotopic (exact) mass is 358 g/mol. The van der Waals surface area contributed by atoms with E-state index in [1.165, 1.54) is 32.1 Å². The lowest BCUT2D eigenvalue weighted by atomic mass is 9.78. The van der Waals surface area contributed by atoms with Gasteiger partial charge in [0.15, 0.2) is 0 Å². The summed E-state index contributed by atoms with van der Waals surface area (Å²) >= 11 is 0. The van der Waals surface area contributed by atoms with Gasteiger partial charge in [-0.3, -0.25) is 4.79 Å². The average molecular weight is 359 g/mol. The highest BCUT2D eigenvalue weighted by Crippen LogP contribution is 2.34. The van der Waals surface area contributed by atoms with Crippen LogP contribution in [0.5, 0.6) is 0 Å². The predicted octanol–water partition coefficient (Wildman–Crippen LogP) is 3.29. The Labute approximate surface area is 153 Å². The third-order valence-corrected chi connectivity index (χ3v) is 5.90. The maximum Gasteiger partial charge on any atom is 0.220 e. The molecule has 0 aliphatic carbocycles. The molecule has 3 aliphatic heterocycles. The Bertz CT molecular complexity index is 412. The highest BCUT2D eigenvalue weighted by atomic mass is 35.5. The summed E-state index contributed by atoms with van der Waals surface area (Å²) < 4.78 is 6.01. The summed E-state index contributed by atoms with van der Waals surface area (Å²) in [6.45, 7) is 8.36. The molecule has 0 saturated carbocycles. The van der Waals surface area contributed by atoms with E-state index in [1.807, 2.05) is 0 Å². The van der Waals surface area contributed by atoms with Crippen LogP contribution in [0, 0.1) is 17.3 Å². The molecule has 5 heteroatoms. The Morgan fingerprint density at radius 3 is 2.46 bits per heavy atom. The van der Waals surface area contributed by atoms with Gasteiger partial charge in [0, 0.05) is 37.6 Å².